The highest BCUT2D eigenvalue weighted by Gasteiger charge is 2.13. The SMILES string of the molecule is O=C(NCC(Cl)c1ccccc1)c1ccccc1F. The average molecular weight is 278 g/mol. The van der Waals surface area contributed by atoms with Gasteiger partial charge in [0.25, 0.3) is 5.91 Å². The van der Waals surface area contributed by atoms with Crippen LogP contribution in [0.3, 0.4) is 0 Å². The third-order valence-corrected chi connectivity index (χ3v) is 3.13. The molecule has 2 nitrogen and oxygen atoms in total. The molecule has 19 heavy (non-hydrogen) atoms. The Hall–Kier alpha value is -1.87. The minimum Gasteiger partial charge on any atom is -0.350 e. The maximum Gasteiger partial charge on any atom is 0.254 e. The number of hydrogen-bond donors (Lipinski definition) is 1. The molecule has 4 heteroatoms. The largest absolute Gasteiger partial charge is 0.350 e. The Balaban J connectivity index is 1.96. The van der Waals surface area contributed by atoms with E-state index in [0.717, 1.165) is 5.56 Å². The number of nitrogens with one attached hydrogen (secondary N) is 1. The molecule has 1 N–H and O–H groups in total. The molecule has 0 aliphatic carbocycles. The standard InChI is InChI=1S/C15H13ClFNO/c16-13(11-6-2-1-3-7-11)10-18-15(19)12-8-4-5-9-14(12)17/h1-9,13H,10H2,(H,18,19). The van der Waals surface area contributed by atoms with Gasteiger partial charge in [0.1, 0.15) is 5.82 Å². The Labute approximate surface area is 116 Å². The second kappa shape index (κ2) is 6.34. The van der Waals surface area contributed by atoms with E-state index in [-0.39, 0.29) is 17.5 Å². The van der Waals surface area contributed by atoms with Crippen molar-refractivity contribution in [1.29, 1.82) is 0 Å². The van der Waals surface area contributed by atoms with Crippen molar-refractivity contribution in [3.8, 4) is 0 Å². The van der Waals surface area contributed by atoms with Crippen molar-refractivity contribution in [1.82, 2.24) is 5.32 Å². The molecule has 0 aliphatic heterocycles. The summed E-state index contributed by atoms with van der Waals surface area (Å²) in [6, 6.07) is 15.3. The van der Waals surface area contributed by atoms with E-state index in [1.807, 2.05) is 30.3 Å². The molecular weight excluding hydrogens is 265 g/mol. The summed E-state index contributed by atoms with van der Waals surface area (Å²) in [4.78, 5) is 11.8. The summed E-state index contributed by atoms with van der Waals surface area (Å²) in [6.07, 6.45) is 0. The predicted octanol–water partition coefficient (Wildman–Crippen LogP) is 3.54. The highest BCUT2D eigenvalue weighted by Crippen LogP contribution is 2.18. The molecule has 0 spiro atoms. The van der Waals surface area contributed by atoms with Crippen molar-refractivity contribution < 1.29 is 9.18 Å². The second-order valence-corrected chi connectivity index (χ2v) is 4.59. The summed E-state index contributed by atoms with van der Waals surface area (Å²) in [7, 11) is 0. The van der Waals surface area contributed by atoms with Crippen molar-refractivity contribution in [3.05, 3.63) is 71.5 Å². The summed E-state index contributed by atoms with van der Waals surface area (Å²) in [6.45, 7) is 0.249. The Morgan fingerprint density at radius 1 is 1.11 bits per heavy atom. The van der Waals surface area contributed by atoms with Gasteiger partial charge in [-0.05, 0) is 17.7 Å². The van der Waals surface area contributed by atoms with Gasteiger partial charge in [0.2, 0.25) is 0 Å². The van der Waals surface area contributed by atoms with Gasteiger partial charge in [-0.15, -0.1) is 11.6 Å². The zero-order valence-corrected chi connectivity index (χ0v) is 10.9. The van der Waals surface area contributed by atoms with E-state index in [9.17, 15) is 9.18 Å². The van der Waals surface area contributed by atoms with Crippen LogP contribution >= 0.6 is 11.6 Å². The number of halogens is 2. The van der Waals surface area contributed by atoms with E-state index in [1.54, 1.807) is 12.1 Å². The van der Waals surface area contributed by atoms with Gasteiger partial charge >= 0.3 is 0 Å². The Bertz CT molecular complexity index is 559. The molecule has 1 atom stereocenters. The summed E-state index contributed by atoms with van der Waals surface area (Å²) in [5.41, 5.74) is 0.942. The first-order valence-electron chi connectivity index (χ1n) is 5.90. The van der Waals surface area contributed by atoms with Crippen LogP contribution in [0.4, 0.5) is 4.39 Å². The molecule has 0 radical (unpaired) electrons. The zero-order chi connectivity index (χ0) is 13.7. The van der Waals surface area contributed by atoms with Gasteiger partial charge in [-0.25, -0.2) is 4.39 Å². The maximum atomic E-state index is 13.4. The van der Waals surface area contributed by atoms with Crippen molar-refractivity contribution in [3.63, 3.8) is 0 Å². The molecule has 0 saturated heterocycles. The van der Waals surface area contributed by atoms with Crippen molar-refractivity contribution in [2.24, 2.45) is 0 Å². The Morgan fingerprint density at radius 2 is 1.74 bits per heavy atom. The fraction of sp³-hybridized carbons (Fsp3) is 0.133. The lowest BCUT2D eigenvalue weighted by Gasteiger charge is -2.11. The summed E-state index contributed by atoms with van der Waals surface area (Å²) in [5.74, 6) is -0.995. The lowest BCUT2D eigenvalue weighted by atomic mass is 10.1. The van der Waals surface area contributed by atoms with Crippen LogP contribution < -0.4 is 5.32 Å². The summed E-state index contributed by atoms with van der Waals surface area (Å²) < 4.78 is 13.4. The summed E-state index contributed by atoms with van der Waals surface area (Å²) in [5, 5.41) is 2.29. The van der Waals surface area contributed by atoms with E-state index in [1.165, 1.54) is 12.1 Å². The molecule has 2 aromatic carbocycles. The minimum atomic E-state index is -0.536. The lowest BCUT2D eigenvalue weighted by molar-refractivity contribution is 0.0949. The molecule has 1 unspecified atom stereocenters. The highest BCUT2D eigenvalue weighted by atomic mass is 35.5. The maximum absolute atomic E-state index is 13.4. The highest BCUT2D eigenvalue weighted by molar-refractivity contribution is 6.21. The van der Waals surface area contributed by atoms with Gasteiger partial charge in [-0.3, -0.25) is 4.79 Å². The van der Waals surface area contributed by atoms with Crippen LogP contribution in [-0.4, -0.2) is 12.5 Å². The fourth-order valence-corrected chi connectivity index (χ4v) is 1.93. The van der Waals surface area contributed by atoms with E-state index in [2.05, 4.69) is 5.32 Å². The fourth-order valence-electron chi connectivity index (χ4n) is 1.70. The van der Waals surface area contributed by atoms with Gasteiger partial charge in [0.15, 0.2) is 0 Å². The number of hydrogen-bond acceptors (Lipinski definition) is 1. The topological polar surface area (TPSA) is 29.1 Å². The normalized spacial score (nSPS) is 11.9. The van der Waals surface area contributed by atoms with Crippen LogP contribution in [0, 0.1) is 5.82 Å². The van der Waals surface area contributed by atoms with Crippen molar-refractivity contribution >= 4 is 17.5 Å². The first-order chi connectivity index (χ1) is 9.18. The third kappa shape index (κ3) is 3.55. The van der Waals surface area contributed by atoms with Crippen molar-refractivity contribution in [2.75, 3.05) is 6.54 Å². The van der Waals surface area contributed by atoms with Crippen LogP contribution in [0.2, 0.25) is 0 Å². The number of amides is 1. The van der Waals surface area contributed by atoms with Crippen LogP contribution in [0.1, 0.15) is 21.3 Å². The molecule has 0 aliphatic rings. The third-order valence-electron chi connectivity index (χ3n) is 2.72. The number of carbonyl (C=O) groups is 1. The van der Waals surface area contributed by atoms with Crippen LogP contribution in [0.25, 0.3) is 0 Å². The lowest BCUT2D eigenvalue weighted by Crippen LogP contribution is -2.27. The number of benzene rings is 2. The van der Waals surface area contributed by atoms with Gasteiger partial charge in [0, 0.05) is 6.54 Å². The molecule has 0 heterocycles. The van der Waals surface area contributed by atoms with Gasteiger partial charge in [-0.2, -0.15) is 0 Å². The monoisotopic (exact) mass is 277 g/mol. The molecule has 2 rings (SSSR count). The van der Waals surface area contributed by atoms with E-state index < -0.39 is 11.7 Å². The molecule has 0 aromatic heterocycles. The van der Waals surface area contributed by atoms with Crippen LogP contribution in [0.5, 0.6) is 0 Å². The smallest absolute Gasteiger partial charge is 0.254 e. The minimum absolute atomic E-state index is 0.0272. The van der Waals surface area contributed by atoms with E-state index >= 15 is 0 Å². The number of alkyl halides is 1. The van der Waals surface area contributed by atoms with Gasteiger partial charge in [-0.1, -0.05) is 42.5 Å². The molecule has 2 aromatic rings. The van der Waals surface area contributed by atoms with E-state index in [0.29, 0.717) is 0 Å². The molecule has 0 bridgehead atoms. The predicted molar refractivity (Wildman–Crippen MR) is 73.8 cm³/mol. The quantitative estimate of drug-likeness (QED) is 0.851. The zero-order valence-electron chi connectivity index (χ0n) is 10.1. The molecule has 98 valence electrons. The number of carbonyl (C=O) groups excluding carboxylic acids is 1. The van der Waals surface area contributed by atoms with Gasteiger partial charge < -0.3 is 5.32 Å². The Morgan fingerprint density at radius 3 is 2.42 bits per heavy atom. The molecule has 0 fully saturated rings. The van der Waals surface area contributed by atoms with Crippen LogP contribution in [-0.2, 0) is 0 Å². The molecule has 0 saturated carbocycles. The molecule has 1 amide bonds. The molecular formula is C15H13ClFNO. The Kier molecular flexibility index (Phi) is 4.53. The van der Waals surface area contributed by atoms with E-state index in [4.69, 9.17) is 11.6 Å². The van der Waals surface area contributed by atoms with Crippen molar-refractivity contribution in [2.45, 2.75) is 5.38 Å². The first kappa shape index (κ1) is 13.6. The summed E-state index contributed by atoms with van der Waals surface area (Å²) >= 11 is 6.17. The average Bonchev–Trinajstić information content (AvgIpc) is 2.46. The second-order valence-electron chi connectivity index (χ2n) is 4.07. The van der Waals surface area contributed by atoms with Crippen LogP contribution in [0.15, 0.2) is 54.6 Å². The first-order valence-corrected chi connectivity index (χ1v) is 6.34. The van der Waals surface area contributed by atoms with Gasteiger partial charge in [0.05, 0.1) is 10.9 Å². The number of rotatable bonds is 4.